The standard InChI is InChI=1S/C18H12BrFO2/c1-22-18(21)16-10-11(20)6-7-14(16)13-8-9-17(19)15-5-3-2-4-12(13)15/h2-10H,1H3. The molecule has 0 N–H and O–H groups in total. The van der Waals surface area contributed by atoms with Crippen LogP contribution in [0.25, 0.3) is 21.9 Å². The second kappa shape index (κ2) is 5.89. The highest BCUT2D eigenvalue weighted by Crippen LogP contribution is 2.35. The number of ether oxygens (including phenoxy) is 1. The molecule has 0 aliphatic carbocycles. The van der Waals surface area contributed by atoms with Crippen LogP contribution in [-0.2, 0) is 4.74 Å². The topological polar surface area (TPSA) is 26.3 Å². The zero-order valence-electron chi connectivity index (χ0n) is 11.8. The summed E-state index contributed by atoms with van der Waals surface area (Å²) in [5, 5.41) is 2.01. The van der Waals surface area contributed by atoms with Gasteiger partial charge in [0.25, 0.3) is 0 Å². The van der Waals surface area contributed by atoms with Gasteiger partial charge in [-0.25, -0.2) is 9.18 Å². The summed E-state index contributed by atoms with van der Waals surface area (Å²) in [5.41, 5.74) is 1.73. The maximum Gasteiger partial charge on any atom is 0.338 e. The van der Waals surface area contributed by atoms with Crippen molar-refractivity contribution >= 4 is 32.7 Å². The van der Waals surface area contributed by atoms with Gasteiger partial charge in [-0.1, -0.05) is 52.3 Å². The summed E-state index contributed by atoms with van der Waals surface area (Å²) in [4.78, 5) is 12.0. The van der Waals surface area contributed by atoms with Crippen LogP contribution in [0.1, 0.15) is 10.4 Å². The summed E-state index contributed by atoms with van der Waals surface area (Å²) >= 11 is 3.52. The Bertz CT molecular complexity index is 874. The van der Waals surface area contributed by atoms with E-state index in [4.69, 9.17) is 4.74 Å². The summed E-state index contributed by atoms with van der Waals surface area (Å²) in [7, 11) is 1.29. The lowest BCUT2D eigenvalue weighted by atomic mass is 9.94. The highest BCUT2D eigenvalue weighted by molar-refractivity contribution is 9.10. The molecular formula is C18H12BrFO2. The van der Waals surface area contributed by atoms with E-state index in [2.05, 4.69) is 15.9 Å². The molecule has 0 aliphatic heterocycles. The molecule has 0 aliphatic rings. The number of hydrogen-bond donors (Lipinski definition) is 0. The van der Waals surface area contributed by atoms with Gasteiger partial charge in [-0.15, -0.1) is 0 Å². The Morgan fingerprint density at radius 1 is 1.00 bits per heavy atom. The van der Waals surface area contributed by atoms with Crippen LogP contribution in [0.3, 0.4) is 0 Å². The van der Waals surface area contributed by atoms with Gasteiger partial charge in [-0.3, -0.25) is 0 Å². The molecule has 0 unspecified atom stereocenters. The molecule has 0 amide bonds. The number of halogens is 2. The molecule has 4 heteroatoms. The molecular weight excluding hydrogens is 347 g/mol. The number of hydrogen-bond acceptors (Lipinski definition) is 2. The van der Waals surface area contributed by atoms with E-state index in [1.54, 1.807) is 6.07 Å². The zero-order chi connectivity index (χ0) is 15.7. The smallest absolute Gasteiger partial charge is 0.338 e. The van der Waals surface area contributed by atoms with Crippen LogP contribution in [-0.4, -0.2) is 13.1 Å². The molecule has 3 aromatic rings. The number of benzene rings is 3. The first-order valence-electron chi connectivity index (χ1n) is 6.67. The van der Waals surface area contributed by atoms with Crippen LogP contribution >= 0.6 is 15.9 Å². The summed E-state index contributed by atoms with van der Waals surface area (Å²) < 4.78 is 19.3. The Morgan fingerprint density at radius 2 is 1.68 bits per heavy atom. The molecule has 0 heterocycles. The van der Waals surface area contributed by atoms with Gasteiger partial charge in [0.15, 0.2) is 0 Å². The molecule has 0 saturated carbocycles. The summed E-state index contributed by atoms with van der Waals surface area (Å²) in [5.74, 6) is -1.02. The van der Waals surface area contributed by atoms with E-state index < -0.39 is 11.8 Å². The molecule has 2 nitrogen and oxygen atoms in total. The third-order valence-corrected chi connectivity index (χ3v) is 4.24. The van der Waals surface area contributed by atoms with Gasteiger partial charge in [-0.05, 0) is 40.1 Å². The van der Waals surface area contributed by atoms with Gasteiger partial charge in [0.2, 0.25) is 0 Å². The quantitative estimate of drug-likeness (QED) is 0.589. The van der Waals surface area contributed by atoms with Crippen molar-refractivity contribution in [3.05, 3.63) is 70.5 Å². The minimum absolute atomic E-state index is 0.218. The highest BCUT2D eigenvalue weighted by Gasteiger charge is 2.16. The summed E-state index contributed by atoms with van der Waals surface area (Å²) in [6.07, 6.45) is 0. The van der Waals surface area contributed by atoms with Crippen molar-refractivity contribution in [2.24, 2.45) is 0 Å². The molecule has 0 aromatic heterocycles. The Kier molecular flexibility index (Phi) is 3.94. The number of carbonyl (C=O) groups excluding carboxylic acids is 1. The lowest BCUT2D eigenvalue weighted by Gasteiger charge is -2.12. The van der Waals surface area contributed by atoms with Gasteiger partial charge in [0, 0.05) is 4.47 Å². The maximum atomic E-state index is 13.5. The highest BCUT2D eigenvalue weighted by atomic mass is 79.9. The van der Waals surface area contributed by atoms with E-state index >= 15 is 0 Å². The Labute approximate surface area is 135 Å². The minimum Gasteiger partial charge on any atom is -0.465 e. The second-order valence-electron chi connectivity index (χ2n) is 4.82. The van der Waals surface area contributed by atoms with Crippen molar-refractivity contribution in [3.63, 3.8) is 0 Å². The van der Waals surface area contributed by atoms with E-state index in [9.17, 15) is 9.18 Å². The van der Waals surface area contributed by atoms with Gasteiger partial charge in [-0.2, -0.15) is 0 Å². The first-order chi connectivity index (χ1) is 10.6. The van der Waals surface area contributed by atoms with E-state index in [1.165, 1.54) is 19.2 Å². The lowest BCUT2D eigenvalue weighted by molar-refractivity contribution is 0.0601. The van der Waals surface area contributed by atoms with Crippen LogP contribution in [0.2, 0.25) is 0 Å². The summed E-state index contributed by atoms with van der Waals surface area (Å²) in [6.45, 7) is 0. The summed E-state index contributed by atoms with van der Waals surface area (Å²) in [6, 6.07) is 15.8. The fourth-order valence-electron chi connectivity index (χ4n) is 2.53. The van der Waals surface area contributed by atoms with E-state index in [0.29, 0.717) is 5.56 Å². The molecule has 0 spiro atoms. The number of rotatable bonds is 2. The predicted molar refractivity (Wildman–Crippen MR) is 88.4 cm³/mol. The van der Waals surface area contributed by atoms with Crippen molar-refractivity contribution < 1.29 is 13.9 Å². The van der Waals surface area contributed by atoms with E-state index in [0.717, 1.165) is 20.8 Å². The van der Waals surface area contributed by atoms with Crippen molar-refractivity contribution in [2.45, 2.75) is 0 Å². The van der Waals surface area contributed by atoms with E-state index in [1.807, 2.05) is 36.4 Å². The normalized spacial score (nSPS) is 10.7. The Balaban J connectivity index is 2.33. The third kappa shape index (κ3) is 2.50. The number of carbonyl (C=O) groups is 1. The molecule has 0 saturated heterocycles. The SMILES string of the molecule is COC(=O)c1cc(F)ccc1-c1ccc(Br)c2ccccc12. The first-order valence-corrected chi connectivity index (χ1v) is 7.46. The Morgan fingerprint density at radius 3 is 2.41 bits per heavy atom. The molecule has 22 heavy (non-hydrogen) atoms. The Hall–Kier alpha value is -2.20. The van der Waals surface area contributed by atoms with Crippen LogP contribution < -0.4 is 0 Å². The molecule has 3 aromatic carbocycles. The predicted octanol–water partition coefficient (Wildman–Crippen LogP) is 5.20. The third-order valence-electron chi connectivity index (χ3n) is 3.55. The van der Waals surface area contributed by atoms with Crippen molar-refractivity contribution in [1.29, 1.82) is 0 Å². The lowest BCUT2D eigenvalue weighted by Crippen LogP contribution is -2.04. The largest absolute Gasteiger partial charge is 0.465 e. The van der Waals surface area contributed by atoms with Gasteiger partial charge in [0.1, 0.15) is 5.82 Å². The minimum atomic E-state index is -0.554. The average Bonchev–Trinajstić information content (AvgIpc) is 2.55. The fraction of sp³-hybridized carbons (Fsp3) is 0.0556. The molecule has 0 fully saturated rings. The molecule has 0 radical (unpaired) electrons. The molecule has 3 rings (SSSR count). The maximum absolute atomic E-state index is 13.5. The monoisotopic (exact) mass is 358 g/mol. The molecule has 0 bridgehead atoms. The van der Waals surface area contributed by atoms with Gasteiger partial charge >= 0.3 is 5.97 Å². The fourth-order valence-corrected chi connectivity index (χ4v) is 3.01. The molecule has 0 atom stereocenters. The molecule has 110 valence electrons. The van der Waals surface area contributed by atoms with Crippen molar-refractivity contribution in [2.75, 3.05) is 7.11 Å². The average molecular weight is 359 g/mol. The van der Waals surface area contributed by atoms with Crippen molar-refractivity contribution in [3.8, 4) is 11.1 Å². The van der Waals surface area contributed by atoms with Gasteiger partial charge < -0.3 is 4.74 Å². The van der Waals surface area contributed by atoms with Crippen LogP contribution in [0.5, 0.6) is 0 Å². The van der Waals surface area contributed by atoms with Gasteiger partial charge in [0.05, 0.1) is 12.7 Å². The number of esters is 1. The van der Waals surface area contributed by atoms with Crippen LogP contribution in [0.15, 0.2) is 59.1 Å². The van der Waals surface area contributed by atoms with Crippen LogP contribution in [0, 0.1) is 5.82 Å². The second-order valence-corrected chi connectivity index (χ2v) is 5.68. The van der Waals surface area contributed by atoms with Crippen LogP contribution in [0.4, 0.5) is 4.39 Å². The number of methoxy groups -OCH3 is 1. The number of fused-ring (bicyclic) bond motifs is 1. The zero-order valence-corrected chi connectivity index (χ0v) is 13.4. The first kappa shape index (κ1) is 14.7. The van der Waals surface area contributed by atoms with E-state index in [-0.39, 0.29) is 5.56 Å². The van der Waals surface area contributed by atoms with Crippen molar-refractivity contribution in [1.82, 2.24) is 0 Å².